The number of hydrogen-bond donors (Lipinski definition) is 0. The maximum atomic E-state index is 12.4. The zero-order valence-corrected chi connectivity index (χ0v) is 7.47. The number of rotatable bonds is 1. The molecule has 0 saturated heterocycles. The molecule has 74 valence electrons. The van der Waals surface area contributed by atoms with Crippen LogP contribution in [0.3, 0.4) is 0 Å². The van der Waals surface area contributed by atoms with Gasteiger partial charge in [0.05, 0.1) is 0 Å². The van der Waals surface area contributed by atoms with Crippen LogP contribution >= 0.6 is 0 Å². The summed E-state index contributed by atoms with van der Waals surface area (Å²) in [5, 5.41) is 0. The third kappa shape index (κ3) is 2.05. The molecule has 0 aromatic carbocycles. The fourth-order valence-corrected chi connectivity index (χ4v) is 1.09. The molecule has 1 rings (SSSR count). The zero-order chi connectivity index (χ0) is 10.8. The van der Waals surface area contributed by atoms with Crippen LogP contribution in [0.2, 0.25) is 0 Å². The molecule has 0 aliphatic carbocycles. The van der Waals surface area contributed by atoms with Gasteiger partial charge in [-0.1, -0.05) is 12.0 Å². The molecule has 1 atom stereocenters. The highest BCUT2D eigenvalue weighted by molar-refractivity contribution is 5.30. The number of alkyl halides is 3. The third-order valence-electron chi connectivity index (χ3n) is 1.82. The minimum Gasteiger partial charge on any atom is -0.251 e. The standard InChI is InChI=1S/C10H8F3N/c1-3-7(2)8-5-4-6-14-9(8)10(11,12)13/h1,4-7H,2H3. The summed E-state index contributed by atoms with van der Waals surface area (Å²) in [6.07, 6.45) is 1.74. The van der Waals surface area contributed by atoms with E-state index < -0.39 is 17.8 Å². The molecule has 0 bridgehead atoms. The Morgan fingerprint density at radius 1 is 1.50 bits per heavy atom. The average molecular weight is 199 g/mol. The molecular weight excluding hydrogens is 191 g/mol. The quantitative estimate of drug-likeness (QED) is 0.634. The molecule has 1 aromatic rings. The van der Waals surface area contributed by atoms with Gasteiger partial charge in [-0.05, 0) is 18.6 Å². The van der Waals surface area contributed by atoms with Crippen LogP contribution in [-0.4, -0.2) is 4.98 Å². The van der Waals surface area contributed by atoms with Crippen LogP contribution in [-0.2, 0) is 6.18 Å². The number of nitrogens with zero attached hydrogens (tertiary/aromatic N) is 1. The lowest BCUT2D eigenvalue weighted by Crippen LogP contribution is -2.12. The topological polar surface area (TPSA) is 12.9 Å². The molecule has 0 saturated carbocycles. The molecule has 0 aliphatic heterocycles. The Balaban J connectivity index is 3.25. The van der Waals surface area contributed by atoms with E-state index in [1.54, 1.807) is 0 Å². The molecule has 0 N–H and O–H groups in total. The minimum atomic E-state index is -4.44. The van der Waals surface area contributed by atoms with E-state index in [1.807, 2.05) is 0 Å². The maximum Gasteiger partial charge on any atom is 0.433 e. The molecule has 14 heavy (non-hydrogen) atoms. The van der Waals surface area contributed by atoms with E-state index in [4.69, 9.17) is 6.42 Å². The van der Waals surface area contributed by atoms with Gasteiger partial charge in [0, 0.05) is 12.1 Å². The highest BCUT2D eigenvalue weighted by atomic mass is 19.4. The molecule has 0 spiro atoms. The van der Waals surface area contributed by atoms with E-state index in [9.17, 15) is 13.2 Å². The van der Waals surface area contributed by atoms with E-state index in [2.05, 4.69) is 10.9 Å². The van der Waals surface area contributed by atoms with Crippen molar-refractivity contribution in [2.75, 3.05) is 0 Å². The summed E-state index contributed by atoms with van der Waals surface area (Å²) < 4.78 is 37.2. The SMILES string of the molecule is C#CC(C)c1cccnc1C(F)(F)F. The largest absolute Gasteiger partial charge is 0.433 e. The van der Waals surface area contributed by atoms with Crippen molar-refractivity contribution in [3.05, 3.63) is 29.6 Å². The third-order valence-corrected chi connectivity index (χ3v) is 1.82. The number of aromatic nitrogens is 1. The maximum absolute atomic E-state index is 12.4. The average Bonchev–Trinajstić information content (AvgIpc) is 2.15. The Labute approximate surface area is 80.0 Å². The summed E-state index contributed by atoms with van der Waals surface area (Å²) in [7, 11) is 0. The molecule has 0 fully saturated rings. The fourth-order valence-electron chi connectivity index (χ4n) is 1.09. The monoisotopic (exact) mass is 199 g/mol. The first kappa shape index (κ1) is 10.6. The lowest BCUT2D eigenvalue weighted by Gasteiger charge is -2.12. The summed E-state index contributed by atoms with van der Waals surface area (Å²) >= 11 is 0. The first-order chi connectivity index (χ1) is 6.46. The number of halogens is 3. The van der Waals surface area contributed by atoms with Gasteiger partial charge < -0.3 is 0 Å². The van der Waals surface area contributed by atoms with Crippen LogP contribution in [0.25, 0.3) is 0 Å². The van der Waals surface area contributed by atoms with Crippen LogP contribution in [0.1, 0.15) is 24.1 Å². The van der Waals surface area contributed by atoms with Gasteiger partial charge in [-0.3, -0.25) is 4.98 Å². The van der Waals surface area contributed by atoms with Gasteiger partial charge >= 0.3 is 6.18 Å². The van der Waals surface area contributed by atoms with Crippen LogP contribution in [0, 0.1) is 12.3 Å². The van der Waals surface area contributed by atoms with Gasteiger partial charge in [-0.25, -0.2) is 0 Å². The second-order valence-corrected chi connectivity index (χ2v) is 2.83. The molecule has 1 unspecified atom stereocenters. The van der Waals surface area contributed by atoms with Crippen molar-refractivity contribution in [3.63, 3.8) is 0 Å². The van der Waals surface area contributed by atoms with E-state index >= 15 is 0 Å². The Kier molecular flexibility index (Phi) is 2.80. The number of pyridine rings is 1. The van der Waals surface area contributed by atoms with Gasteiger partial charge in [-0.15, -0.1) is 6.42 Å². The first-order valence-electron chi connectivity index (χ1n) is 3.95. The molecule has 1 heterocycles. The number of terminal acetylenes is 1. The van der Waals surface area contributed by atoms with E-state index in [1.165, 1.54) is 19.1 Å². The van der Waals surface area contributed by atoms with Gasteiger partial charge in [0.2, 0.25) is 0 Å². The Bertz CT molecular complexity index is 362. The van der Waals surface area contributed by atoms with Crippen molar-refractivity contribution < 1.29 is 13.2 Å². The summed E-state index contributed by atoms with van der Waals surface area (Å²) in [6, 6.07) is 2.79. The molecule has 0 amide bonds. The normalized spacial score (nSPS) is 13.4. The van der Waals surface area contributed by atoms with Gasteiger partial charge in [0.25, 0.3) is 0 Å². The van der Waals surface area contributed by atoms with Crippen LogP contribution in [0.5, 0.6) is 0 Å². The van der Waals surface area contributed by atoms with Crippen LogP contribution in [0.4, 0.5) is 13.2 Å². The second kappa shape index (κ2) is 3.70. The highest BCUT2D eigenvalue weighted by Crippen LogP contribution is 2.32. The molecule has 0 aliphatic rings. The Morgan fingerprint density at radius 3 is 2.64 bits per heavy atom. The number of hydrogen-bond acceptors (Lipinski definition) is 1. The van der Waals surface area contributed by atoms with Crippen LogP contribution in [0.15, 0.2) is 18.3 Å². The molecular formula is C10H8F3N. The predicted octanol–water partition coefficient (Wildman–Crippen LogP) is 2.84. The summed E-state index contributed by atoms with van der Waals surface area (Å²) in [5.74, 6) is 1.67. The van der Waals surface area contributed by atoms with Gasteiger partial charge in [0.1, 0.15) is 5.69 Å². The van der Waals surface area contributed by atoms with Crippen molar-refractivity contribution in [1.82, 2.24) is 4.98 Å². The Hall–Kier alpha value is -1.50. The smallest absolute Gasteiger partial charge is 0.251 e. The molecule has 1 aromatic heterocycles. The fraction of sp³-hybridized carbons (Fsp3) is 0.300. The van der Waals surface area contributed by atoms with E-state index in [0.29, 0.717) is 0 Å². The minimum absolute atomic E-state index is 0.0440. The zero-order valence-electron chi connectivity index (χ0n) is 7.47. The summed E-state index contributed by atoms with van der Waals surface area (Å²) in [4.78, 5) is 3.30. The van der Waals surface area contributed by atoms with Crippen LogP contribution < -0.4 is 0 Å². The van der Waals surface area contributed by atoms with Gasteiger partial charge in [0.15, 0.2) is 0 Å². The van der Waals surface area contributed by atoms with Crippen molar-refractivity contribution in [2.45, 2.75) is 19.0 Å². The van der Waals surface area contributed by atoms with Crippen molar-refractivity contribution >= 4 is 0 Å². The second-order valence-electron chi connectivity index (χ2n) is 2.83. The summed E-state index contributed by atoms with van der Waals surface area (Å²) in [6.45, 7) is 1.53. The lowest BCUT2D eigenvalue weighted by atomic mass is 10.0. The molecule has 0 radical (unpaired) electrons. The van der Waals surface area contributed by atoms with Crippen molar-refractivity contribution in [2.24, 2.45) is 0 Å². The lowest BCUT2D eigenvalue weighted by molar-refractivity contribution is -0.141. The van der Waals surface area contributed by atoms with E-state index in [-0.39, 0.29) is 5.56 Å². The van der Waals surface area contributed by atoms with Crippen molar-refractivity contribution in [3.8, 4) is 12.3 Å². The predicted molar refractivity (Wildman–Crippen MR) is 46.5 cm³/mol. The van der Waals surface area contributed by atoms with Crippen molar-refractivity contribution in [1.29, 1.82) is 0 Å². The Morgan fingerprint density at radius 2 is 2.14 bits per heavy atom. The van der Waals surface area contributed by atoms with E-state index in [0.717, 1.165) is 6.20 Å². The molecule has 4 heteroatoms. The highest BCUT2D eigenvalue weighted by Gasteiger charge is 2.35. The summed E-state index contributed by atoms with van der Waals surface area (Å²) in [5.41, 5.74) is -0.854. The van der Waals surface area contributed by atoms with Gasteiger partial charge in [-0.2, -0.15) is 13.2 Å². The first-order valence-corrected chi connectivity index (χ1v) is 3.95. The molecule has 1 nitrogen and oxygen atoms in total.